The van der Waals surface area contributed by atoms with Crippen molar-refractivity contribution < 1.29 is 17.9 Å². The minimum atomic E-state index is -3.62. The summed E-state index contributed by atoms with van der Waals surface area (Å²) in [6, 6.07) is 13.3. The molecule has 1 amide bonds. The van der Waals surface area contributed by atoms with Crippen LogP contribution in [0, 0.1) is 6.92 Å². The molecule has 0 aliphatic rings. The van der Waals surface area contributed by atoms with Gasteiger partial charge in [-0.05, 0) is 50.2 Å². The van der Waals surface area contributed by atoms with Crippen molar-refractivity contribution in [2.24, 2.45) is 0 Å². The third-order valence-corrected chi connectivity index (χ3v) is 4.94. The fraction of sp³-hybridized carbons (Fsp3) is 0.278. The van der Waals surface area contributed by atoms with E-state index in [9.17, 15) is 13.2 Å². The zero-order valence-corrected chi connectivity index (χ0v) is 15.1. The maximum absolute atomic E-state index is 12.2. The van der Waals surface area contributed by atoms with Gasteiger partial charge in [0.2, 0.25) is 10.0 Å². The molecule has 0 spiro atoms. The molecule has 0 bridgehead atoms. The highest BCUT2D eigenvalue weighted by Crippen LogP contribution is 2.15. The van der Waals surface area contributed by atoms with E-state index >= 15 is 0 Å². The fourth-order valence-electron chi connectivity index (χ4n) is 2.13. The van der Waals surface area contributed by atoms with Crippen LogP contribution >= 0.6 is 0 Å². The lowest BCUT2D eigenvalue weighted by atomic mass is 10.1. The molecular weight excluding hydrogens is 340 g/mol. The molecule has 0 heterocycles. The van der Waals surface area contributed by atoms with Crippen molar-refractivity contribution in [3.63, 3.8) is 0 Å². The summed E-state index contributed by atoms with van der Waals surface area (Å²) < 4.78 is 32.1. The summed E-state index contributed by atoms with van der Waals surface area (Å²) in [6.07, 6.45) is 0. The number of sulfonamides is 1. The van der Waals surface area contributed by atoms with E-state index in [0.717, 1.165) is 5.56 Å². The van der Waals surface area contributed by atoms with Crippen molar-refractivity contribution in [1.29, 1.82) is 0 Å². The van der Waals surface area contributed by atoms with Gasteiger partial charge in [-0.25, -0.2) is 13.1 Å². The molecule has 7 heteroatoms. The van der Waals surface area contributed by atoms with Crippen molar-refractivity contribution in [2.75, 3.05) is 19.7 Å². The largest absolute Gasteiger partial charge is 0.494 e. The van der Waals surface area contributed by atoms with Crippen LogP contribution in [0.25, 0.3) is 0 Å². The summed E-state index contributed by atoms with van der Waals surface area (Å²) >= 11 is 0. The van der Waals surface area contributed by atoms with Crippen molar-refractivity contribution in [3.05, 3.63) is 59.7 Å². The number of hydrogen-bond acceptors (Lipinski definition) is 4. The Morgan fingerprint density at radius 3 is 2.24 bits per heavy atom. The number of rotatable bonds is 8. The molecule has 134 valence electrons. The third kappa shape index (κ3) is 5.58. The SMILES string of the molecule is CCOc1ccc(S(=O)(=O)NCCNC(=O)c2ccc(C)cc2)cc1. The van der Waals surface area contributed by atoms with Gasteiger partial charge >= 0.3 is 0 Å². The van der Waals surface area contributed by atoms with E-state index in [-0.39, 0.29) is 23.9 Å². The van der Waals surface area contributed by atoms with E-state index in [2.05, 4.69) is 10.0 Å². The molecule has 6 nitrogen and oxygen atoms in total. The summed E-state index contributed by atoms with van der Waals surface area (Å²) in [5.74, 6) is 0.382. The van der Waals surface area contributed by atoms with Gasteiger partial charge in [0.15, 0.2) is 0 Å². The van der Waals surface area contributed by atoms with Gasteiger partial charge in [-0.1, -0.05) is 17.7 Å². The van der Waals surface area contributed by atoms with Crippen molar-refractivity contribution in [3.8, 4) is 5.75 Å². The van der Waals surface area contributed by atoms with Crippen LogP contribution < -0.4 is 14.8 Å². The summed E-state index contributed by atoms with van der Waals surface area (Å²) in [5.41, 5.74) is 1.61. The maximum atomic E-state index is 12.2. The Labute approximate surface area is 148 Å². The molecule has 0 aromatic heterocycles. The molecule has 0 aliphatic heterocycles. The molecule has 2 aromatic rings. The Morgan fingerprint density at radius 1 is 1.00 bits per heavy atom. The number of ether oxygens (including phenoxy) is 1. The summed E-state index contributed by atoms with van der Waals surface area (Å²) in [5, 5.41) is 2.68. The molecule has 0 atom stereocenters. The van der Waals surface area contributed by atoms with Crippen LogP contribution in [-0.2, 0) is 10.0 Å². The average molecular weight is 362 g/mol. The van der Waals surface area contributed by atoms with Gasteiger partial charge in [0.05, 0.1) is 11.5 Å². The lowest BCUT2D eigenvalue weighted by molar-refractivity contribution is 0.0954. The highest BCUT2D eigenvalue weighted by Gasteiger charge is 2.13. The Kier molecular flexibility index (Phi) is 6.55. The van der Waals surface area contributed by atoms with Crippen molar-refractivity contribution >= 4 is 15.9 Å². The monoisotopic (exact) mass is 362 g/mol. The summed E-state index contributed by atoms with van der Waals surface area (Å²) in [4.78, 5) is 12.1. The number of benzene rings is 2. The number of carbonyl (C=O) groups excluding carboxylic acids is 1. The number of amides is 1. The molecule has 0 aliphatic carbocycles. The minimum absolute atomic E-state index is 0.104. The van der Waals surface area contributed by atoms with Crippen LogP contribution in [0.2, 0.25) is 0 Å². The van der Waals surface area contributed by atoms with Gasteiger partial charge < -0.3 is 10.1 Å². The average Bonchev–Trinajstić information content (AvgIpc) is 2.60. The molecule has 25 heavy (non-hydrogen) atoms. The minimum Gasteiger partial charge on any atom is -0.494 e. The first-order chi connectivity index (χ1) is 11.9. The summed E-state index contributed by atoms with van der Waals surface area (Å²) in [6.45, 7) is 4.62. The molecule has 2 aromatic carbocycles. The Hall–Kier alpha value is -2.38. The van der Waals surface area contributed by atoms with Crippen molar-refractivity contribution in [1.82, 2.24) is 10.0 Å². The summed E-state index contributed by atoms with van der Waals surface area (Å²) in [7, 11) is -3.62. The van der Waals surface area contributed by atoms with Gasteiger partial charge in [-0.2, -0.15) is 0 Å². The van der Waals surface area contributed by atoms with Crippen LogP contribution in [0.1, 0.15) is 22.8 Å². The standard InChI is InChI=1S/C18H22N2O4S/c1-3-24-16-8-10-17(11-9-16)25(22,23)20-13-12-19-18(21)15-6-4-14(2)5-7-15/h4-11,20H,3,12-13H2,1-2H3,(H,19,21). The fourth-order valence-corrected chi connectivity index (χ4v) is 3.17. The van der Waals surface area contributed by atoms with E-state index in [1.807, 2.05) is 26.0 Å². The normalized spacial score (nSPS) is 11.1. The Morgan fingerprint density at radius 2 is 1.64 bits per heavy atom. The molecule has 0 radical (unpaired) electrons. The smallest absolute Gasteiger partial charge is 0.251 e. The second-order valence-corrected chi connectivity index (χ2v) is 7.19. The van der Waals surface area contributed by atoms with E-state index in [1.165, 1.54) is 12.1 Å². The molecular formula is C18H22N2O4S. The predicted octanol–water partition coefficient (Wildman–Crippen LogP) is 2.10. The number of hydrogen-bond donors (Lipinski definition) is 2. The molecule has 0 saturated heterocycles. The van der Waals surface area contributed by atoms with E-state index < -0.39 is 10.0 Å². The van der Waals surface area contributed by atoms with Crippen LogP contribution in [0.5, 0.6) is 5.75 Å². The second kappa shape index (κ2) is 8.64. The maximum Gasteiger partial charge on any atom is 0.251 e. The van der Waals surface area contributed by atoms with Crippen LogP contribution in [0.15, 0.2) is 53.4 Å². The van der Waals surface area contributed by atoms with E-state index in [1.54, 1.807) is 24.3 Å². The predicted molar refractivity (Wildman–Crippen MR) is 96.3 cm³/mol. The van der Waals surface area contributed by atoms with Crippen LogP contribution in [0.3, 0.4) is 0 Å². The van der Waals surface area contributed by atoms with Gasteiger partial charge in [0.25, 0.3) is 5.91 Å². The van der Waals surface area contributed by atoms with E-state index in [0.29, 0.717) is 17.9 Å². The Balaban J connectivity index is 1.83. The first-order valence-corrected chi connectivity index (χ1v) is 9.48. The zero-order chi connectivity index (χ0) is 18.3. The van der Waals surface area contributed by atoms with Gasteiger partial charge in [0, 0.05) is 18.7 Å². The highest BCUT2D eigenvalue weighted by molar-refractivity contribution is 7.89. The number of nitrogens with one attached hydrogen (secondary N) is 2. The molecule has 0 unspecified atom stereocenters. The van der Waals surface area contributed by atoms with Gasteiger partial charge in [-0.15, -0.1) is 0 Å². The topological polar surface area (TPSA) is 84.5 Å². The first-order valence-electron chi connectivity index (χ1n) is 8.00. The first kappa shape index (κ1) is 19.0. The second-order valence-electron chi connectivity index (χ2n) is 5.42. The molecule has 2 N–H and O–H groups in total. The molecule has 2 rings (SSSR count). The molecule has 0 saturated carbocycles. The number of carbonyl (C=O) groups is 1. The Bertz CT molecular complexity index is 800. The van der Waals surface area contributed by atoms with Gasteiger partial charge in [-0.3, -0.25) is 4.79 Å². The number of aryl methyl sites for hydroxylation is 1. The molecule has 0 fully saturated rings. The third-order valence-electron chi connectivity index (χ3n) is 3.46. The van der Waals surface area contributed by atoms with Crippen LogP contribution in [-0.4, -0.2) is 34.0 Å². The zero-order valence-electron chi connectivity index (χ0n) is 14.3. The lowest BCUT2D eigenvalue weighted by Crippen LogP contribution is -2.34. The quantitative estimate of drug-likeness (QED) is 0.705. The highest BCUT2D eigenvalue weighted by atomic mass is 32.2. The van der Waals surface area contributed by atoms with Gasteiger partial charge in [0.1, 0.15) is 5.75 Å². The van der Waals surface area contributed by atoms with Crippen LogP contribution in [0.4, 0.5) is 0 Å². The lowest BCUT2D eigenvalue weighted by Gasteiger charge is -2.09. The van der Waals surface area contributed by atoms with E-state index in [4.69, 9.17) is 4.74 Å². The van der Waals surface area contributed by atoms with Crippen molar-refractivity contribution in [2.45, 2.75) is 18.7 Å².